The van der Waals surface area contributed by atoms with Crippen molar-refractivity contribution < 1.29 is 14.6 Å². The van der Waals surface area contributed by atoms with E-state index in [2.05, 4.69) is 11.6 Å². The van der Waals surface area contributed by atoms with Gasteiger partial charge >= 0.3 is 0 Å². The molecule has 0 saturated heterocycles. The van der Waals surface area contributed by atoms with Crippen LogP contribution in [0.15, 0.2) is 54.0 Å². The van der Waals surface area contributed by atoms with Crippen LogP contribution in [0, 0.1) is 0 Å². The number of hydrogen-bond donors (Lipinski definition) is 1. The molecule has 0 aromatic heterocycles. The maximum absolute atomic E-state index is 10.2. The van der Waals surface area contributed by atoms with E-state index in [4.69, 9.17) is 9.47 Å². The van der Waals surface area contributed by atoms with Crippen LogP contribution in [0.3, 0.4) is 0 Å². The van der Waals surface area contributed by atoms with Crippen LogP contribution < -0.4 is 9.47 Å². The lowest BCUT2D eigenvalue weighted by molar-refractivity contribution is 0.317. The predicted molar refractivity (Wildman–Crippen MR) is 98.0 cm³/mol. The second-order valence-corrected chi connectivity index (χ2v) is 5.11. The van der Waals surface area contributed by atoms with Gasteiger partial charge in [0.15, 0.2) is 11.5 Å². The highest BCUT2D eigenvalue weighted by Gasteiger charge is 2.09. The van der Waals surface area contributed by atoms with Crippen LogP contribution in [0.1, 0.15) is 25.0 Å². The molecule has 4 heteroatoms. The highest BCUT2D eigenvalue weighted by molar-refractivity contribution is 5.84. The summed E-state index contributed by atoms with van der Waals surface area (Å²) in [6.07, 6.45) is 4.05. The molecule has 24 heavy (non-hydrogen) atoms. The molecule has 0 unspecified atom stereocenters. The fourth-order valence-electron chi connectivity index (χ4n) is 2.33. The zero-order chi connectivity index (χ0) is 17.4. The van der Waals surface area contributed by atoms with Gasteiger partial charge in [-0.25, -0.2) is 0 Å². The van der Waals surface area contributed by atoms with Gasteiger partial charge in [-0.1, -0.05) is 18.2 Å². The highest BCUT2D eigenvalue weighted by Crippen LogP contribution is 2.32. The number of allylic oxidation sites excluding steroid dienone is 1. The van der Waals surface area contributed by atoms with Crippen LogP contribution in [0.25, 0.3) is 0 Å². The van der Waals surface area contributed by atoms with Crippen LogP contribution in [0.2, 0.25) is 0 Å². The predicted octanol–water partition coefficient (Wildman–Crippen LogP) is 4.67. The molecule has 2 aromatic rings. The Morgan fingerprint density at radius 3 is 2.50 bits per heavy atom. The van der Waals surface area contributed by atoms with Crippen molar-refractivity contribution in [3.63, 3.8) is 0 Å². The Balaban J connectivity index is 2.36. The third-order valence-electron chi connectivity index (χ3n) is 3.36. The molecule has 0 aliphatic carbocycles. The van der Waals surface area contributed by atoms with Gasteiger partial charge in [-0.05, 0) is 50.1 Å². The number of phenols is 1. The zero-order valence-corrected chi connectivity index (χ0v) is 14.2. The van der Waals surface area contributed by atoms with E-state index in [-0.39, 0.29) is 5.75 Å². The van der Waals surface area contributed by atoms with Gasteiger partial charge in [0.25, 0.3) is 0 Å². The molecule has 2 aromatic carbocycles. The normalized spacial score (nSPS) is 10.8. The first-order chi connectivity index (χ1) is 11.7. The molecule has 0 heterocycles. The number of hydrogen-bond acceptors (Lipinski definition) is 4. The first-order valence-electron chi connectivity index (χ1n) is 8.05. The fraction of sp³-hybridized carbons (Fsp3) is 0.250. The van der Waals surface area contributed by atoms with Crippen LogP contribution in [0.4, 0.5) is 5.69 Å². The summed E-state index contributed by atoms with van der Waals surface area (Å²) < 4.78 is 11.1. The molecular formula is C20H23NO3. The molecule has 0 aliphatic heterocycles. The Hall–Kier alpha value is -2.75. The van der Waals surface area contributed by atoms with Crippen molar-refractivity contribution in [1.29, 1.82) is 0 Å². The zero-order valence-electron chi connectivity index (χ0n) is 14.2. The topological polar surface area (TPSA) is 51.0 Å². The summed E-state index contributed by atoms with van der Waals surface area (Å²) in [6, 6.07) is 11.3. The Morgan fingerprint density at radius 1 is 1.08 bits per heavy atom. The van der Waals surface area contributed by atoms with Crippen molar-refractivity contribution >= 4 is 11.9 Å². The summed E-state index contributed by atoms with van der Waals surface area (Å²) in [5, 5.41) is 10.2. The number of ether oxygens (including phenoxy) is 2. The molecule has 4 nitrogen and oxygen atoms in total. The third-order valence-corrected chi connectivity index (χ3v) is 3.36. The van der Waals surface area contributed by atoms with Crippen molar-refractivity contribution in [3.8, 4) is 17.2 Å². The van der Waals surface area contributed by atoms with E-state index in [1.54, 1.807) is 18.4 Å². The van der Waals surface area contributed by atoms with E-state index in [9.17, 15) is 5.11 Å². The maximum Gasteiger partial charge on any atom is 0.161 e. The number of nitrogens with zero attached hydrogens (tertiary/aromatic N) is 1. The van der Waals surface area contributed by atoms with Gasteiger partial charge in [0.1, 0.15) is 11.4 Å². The molecule has 0 spiro atoms. The summed E-state index contributed by atoms with van der Waals surface area (Å²) >= 11 is 0. The van der Waals surface area contributed by atoms with Crippen molar-refractivity contribution in [2.75, 3.05) is 13.2 Å². The molecule has 2 rings (SSSR count). The van der Waals surface area contributed by atoms with Crippen LogP contribution in [-0.2, 0) is 6.42 Å². The van der Waals surface area contributed by atoms with Gasteiger partial charge in [-0.15, -0.1) is 6.58 Å². The Bertz CT molecular complexity index is 723. The molecule has 0 fully saturated rings. The summed E-state index contributed by atoms with van der Waals surface area (Å²) in [5.74, 6) is 1.35. The first kappa shape index (κ1) is 17.6. The molecular weight excluding hydrogens is 302 g/mol. The maximum atomic E-state index is 10.2. The molecule has 0 saturated carbocycles. The van der Waals surface area contributed by atoms with Crippen molar-refractivity contribution in [1.82, 2.24) is 0 Å². The number of aromatic hydroxyl groups is 1. The second-order valence-electron chi connectivity index (χ2n) is 5.11. The minimum atomic E-state index is 0.156. The number of aliphatic imine (C=N–C) groups is 1. The standard InChI is InChI=1S/C20H23NO3/c1-4-9-16-12-15(13-19(20(16)22)24-6-3)14-21-17-10-7-8-11-18(17)23-5-2/h4,7-8,10-14,22H,1,5-6,9H2,2-3H3. The van der Waals surface area contributed by atoms with E-state index in [1.165, 1.54) is 0 Å². The van der Waals surface area contributed by atoms with E-state index < -0.39 is 0 Å². The van der Waals surface area contributed by atoms with Gasteiger partial charge in [-0.2, -0.15) is 0 Å². The van der Waals surface area contributed by atoms with E-state index in [0.29, 0.717) is 25.4 Å². The Kier molecular flexibility index (Phi) is 6.43. The van der Waals surface area contributed by atoms with E-state index in [1.807, 2.05) is 44.2 Å². The van der Waals surface area contributed by atoms with Crippen molar-refractivity contribution in [3.05, 3.63) is 60.2 Å². The summed E-state index contributed by atoms with van der Waals surface area (Å²) in [7, 11) is 0. The number of para-hydroxylation sites is 2. The average molecular weight is 325 g/mol. The number of rotatable bonds is 8. The lowest BCUT2D eigenvalue weighted by Crippen LogP contribution is -1.96. The number of phenolic OH excluding ortho intramolecular Hbond substituents is 1. The quantitative estimate of drug-likeness (QED) is 0.567. The lowest BCUT2D eigenvalue weighted by Gasteiger charge is -2.11. The minimum absolute atomic E-state index is 0.156. The molecule has 126 valence electrons. The fourth-order valence-corrected chi connectivity index (χ4v) is 2.33. The molecule has 0 aliphatic rings. The van der Waals surface area contributed by atoms with Gasteiger partial charge < -0.3 is 14.6 Å². The first-order valence-corrected chi connectivity index (χ1v) is 8.05. The monoisotopic (exact) mass is 325 g/mol. The average Bonchev–Trinajstić information content (AvgIpc) is 2.58. The SMILES string of the molecule is C=CCc1cc(C=Nc2ccccc2OCC)cc(OCC)c1O. The Morgan fingerprint density at radius 2 is 1.79 bits per heavy atom. The summed E-state index contributed by atoms with van der Waals surface area (Å²) in [6.45, 7) is 8.62. The number of benzene rings is 2. The lowest BCUT2D eigenvalue weighted by atomic mass is 10.1. The minimum Gasteiger partial charge on any atom is -0.504 e. The van der Waals surface area contributed by atoms with E-state index >= 15 is 0 Å². The molecule has 0 atom stereocenters. The highest BCUT2D eigenvalue weighted by atomic mass is 16.5. The summed E-state index contributed by atoms with van der Waals surface area (Å²) in [4.78, 5) is 4.51. The van der Waals surface area contributed by atoms with Gasteiger partial charge in [-0.3, -0.25) is 4.99 Å². The van der Waals surface area contributed by atoms with Gasteiger partial charge in [0.2, 0.25) is 0 Å². The molecule has 0 amide bonds. The van der Waals surface area contributed by atoms with Crippen molar-refractivity contribution in [2.45, 2.75) is 20.3 Å². The van der Waals surface area contributed by atoms with E-state index in [0.717, 1.165) is 22.6 Å². The van der Waals surface area contributed by atoms with Crippen LogP contribution in [-0.4, -0.2) is 24.5 Å². The summed E-state index contributed by atoms with van der Waals surface area (Å²) in [5.41, 5.74) is 2.37. The largest absolute Gasteiger partial charge is 0.504 e. The van der Waals surface area contributed by atoms with Gasteiger partial charge in [0, 0.05) is 11.8 Å². The van der Waals surface area contributed by atoms with Crippen molar-refractivity contribution in [2.24, 2.45) is 4.99 Å². The molecule has 0 radical (unpaired) electrons. The third kappa shape index (κ3) is 4.38. The smallest absolute Gasteiger partial charge is 0.161 e. The molecule has 0 bridgehead atoms. The molecule has 1 N–H and O–H groups in total. The van der Waals surface area contributed by atoms with Crippen LogP contribution in [0.5, 0.6) is 17.2 Å². The Labute approximate surface area is 143 Å². The van der Waals surface area contributed by atoms with Crippen LogP contribution >= 0.6 is 0 Å². The second kappa shape index (κ2) is 8.77. The van der Waals surface area contributed by atoms with Gasteiger partial charge in [0.05, 0.1) is 13.2 Å².